The van der Waals surface area contributed by atoms with Crippen LogP contribution in [0.15, 0.2) is 23.5 Å². The largest absolute Gasteiger partial charge is 0.367 e. The molecule has 8 heteroatoms. The number of carbonyl (C=O) groups excluding carboxylic acids is 1. The minimum absolute atomic E-state index is 0.0166. The highest BCUT2D eigenvalue weighted by molar-refractivity contribution is 6.33. The number of carbonyl (C=O) groups is 1. The first-order valence-electron chi connectivity index (χ1n) is 9.65. The Morgan fingerprint density at radius 3 is 2.63 bits per heavy atom. The van der Waals surface area contributed by atoms with Crippen molar-refractivity contribution in [3.05, 3.63) is 23.5 Å². The maximum Gasteiger partial charge on any atom is 0.243 e. The van der Waals surface area contributed by atoms with E-state index in [1.165, 1.54) is 25.7 Å². The van der Waals surface area contributed by atoms with Crippen LogP contribution in [0.2, 0.25) is 5.02 Å². The van der Waals surface area contributed by atoms with E-state index < -0.39 is 0 Å². The summed E-state index contributed by atoms with van der Waals surface area (Å²) in [5.41, 5.74) is 1.02. The number of aromatic nitrogens is 1. The molecule has 1 N–H and O–H groups in total. The second-order valence-electron chi connectivity index (χ2n) is 7.35. The van der Waals surface area contributed by atoms with Crippen molar-refractivity contribution in [2.75, 3.05) is 51.7 Å². The molecule has 0 bridgehead atoms. The van der Waals surface area contributed by atoms with Gasteiger partial charge in [-0.05, 0) is 18.9 Å². The van der Waals surface area contributed by atoms with Gasteiger partial charge in [0.2, 0.25) is 5.91 Å². The summed E-state index contributed by atoms with van der Waals surface area (Å²) in [6, 6.07) is 2.42. The van der Waals surface area contributed by atoms with Crippen molar-refractivity contribution in [2.45, 2.75) is 31.7 Å². The Kier molecular flexibility index (Phi) is 6.77. The van der Waals surface area contributed by atoms with Gasteiger partial charge in [0.05, 0.1) is 10.7 Å². The van der Waals surface area contributed by atoms with Gasteiger partial charge >= 0.3 is 0 Å². The predicted octanol–water partition coefficient (Wildman–Crippen LogP) is 1.83. The Labute approximate surface area is 166 Å². The highest BCUT2D eigenvalue weighted by atomic mass is 35.5. The molecule has 0 spiro atoms. The van der Waals surface area contributed by atoms with Gasteiger partial charge in [-0.3, -0.25) is 9.78 Å². The number of piperazine rings is 1. The van der Waals surface area contributed by atoms with E-state index >= 15 is 0 Å². The first-order valence-corrected chi connectivity index (χ1v) is 10.0. The van der Waals surface area contributed by atoms with E-state index in [0.717, 1.165) is 37.8 Å². The van der Waals surface area contributed by atoms with Crippen LogP contribution in [0.3, 0.4) is 0 Å². The molecule has 1 saturated heterocycles. The smallest absolute Gasteiger partial charge is 0.243 e. The van der Waals surface area contributed by atoms with Crippen LogP contribution < -0.4 is 10.2 Å². The zero-order valence-electron chi connectivity index (χ0n) is 16.2. The zero-order valence-corrected chi connectivity index (χ0v) is 17.0. The Morgan fingerprint density at radius 2 is 2.00 bits per heavy atom. The molecule has 1 saturated carbocycles. The number of hydrogen-bond donors (Lipinski definition) is 1. The number of guanidine groups is 1. The number of aliphatic imine (C=N–C) groups is 1. The number of amides is 1. The summed E-state index contributed by atoms with van der Waals surface area (Å²) in [6.45, 7) is 3.58. The van der Waals surface area contributed by atoms with Crippen molar-refractivity contribution in [1.29, 1.82) is 0 Å². The molecule has 0 atom stereocenters. The molecule has 1 aromatic rings. The van der Waals surface area contributed by atoms with Gasteiger partial charge in [0, 0.05) is 58.7 Å². The molecule has 0 aromatic carbocycles. The van der Waals surface area contributed by atoms with Crippen molar-refractivity contribution < 1.29 is 4.79 Å². The molecular formula is C19H29ClN6O. The van der Waals surface area contributed by atoms with Crippen LogP contribution >= 0.6 is 11.6 Å². The topological polar surface area (TPSA) is 64.1 Å². The van der Waals surface area contributed by atoms with Crippen molar-refractivity contribution in [3.63, 3.8) is 0 Å². The summed E-state index contributed by atoms with van der Waals surface area (Å²) in [5.74, 6) is 0.875. The number of halogens is 1. The van der Waals surface area contributed by atoms with Crippen LogP contribution in [-0.4, -0.2) is 79.5 Å². The average Bonchev–Trinajstić information content (AvgIpc) is 3.18. The Morgan fingerprint density at radius 1 is 1.30 bits per heavy atom. The molecule has 1 aliphatic carbocycles. The quantitative estimate of drug-likeness (QED) is 0.625. The molecule has 1 amide bonds. The third kappa shape index (κ3) is 5.25. The van der Waals surface area contributed by atoms with Gasteiger partial charge in [0.25, 0.3) is 0 Å². The van der Waals surface area contributed by atoms with Crippen molar-refractivity contribution in [3.8, 4) is 0 Å². The normalized spacial score (nSPS) is 18.7. The summed E-state index contributed by atoms with van der Waals surface area (Å²) in [6.07, 6.45) is 8.33. The molecule has 27 heavy (non-hydrogen) atoms. The monoisotopic (exact) mass is 392 g/mol. The summed E-state index contributed by atoms with van der Waals surface area (Å²) < 4.78 is 0. The number of anilines is 1. The average molecular weight is 393 g/mol. The first kappa shape index (κ1) is 19.7. The molecule has 2 heterocycles. The molecule has 2 aliphatic rings. The molecule has 7 nitrogen and oxygen atoms in total. The highest BCUT2D eigenvalue weighted by Crippen LogP contribution is 2.25. The number of hydrogen-bond acceptors (Lipinski definition) is 4. The van der Waals surface area contributed by atoms with Crippen molar-refractivity contribution in [1.82, 2.24) is 20.1 Å². The molecule has 0 unspecified atom stereocenters. The lowest BCUT2D eigenvalue weighted by atomic mass is 10.2. The van der Waals surface area contributed by atoms with Crippen LogP contribution in [0.1, 0.15) is 25.7 Å². The predicted molar refractivity (Wildman–Crippen MR) is 109 cm³/mol. The second-order valence-corrected chi connectivity index (χ2v) is 7.76. The van der Waals surface area contributed by atoms with Crippen LogP contribution in [0.4, 0.5) is 5.69 Å². The van der Waals surface area contributed by atoms with Gasteiger partial charge in [-0.15, -0.1) is 0 Å². The van der Waals surface area contributed by atoms with Gasteiger partial charge in [0.1, 0.15) is 6.54 Å². The van der Waals surface area contributed by atoms with E-state index in [-0.39, 0.29) is 12.5 Å². The molecule has 1 aromatic heterocycles. The van der Waals surface area contributed by atoms with Crippen LogP contribution in [0, 0.1) is 0 Å². The van der Waals surface area contributed by atoms with E-state index in [4.69, 9.17) is 11.6 Å². The number of pyridine rings is 1. The van der Waals surface area contributed by atoms with E-state index in [1.54, 1.807) is 31.4 Å². The fourth-order valence-electron chi connectivity index (χ4n) is 3.56. The maximum atomic E-state index is 12.0. The molecule has 3 rings (SSSR count). The minimum atomic E-state index is 0.0166. The lowest BCUT2D eigenvalue weighted by molar-refractivity contribution is -0.127. The fourth-order valence-corrected chi connectivity index (χ4v) is 3.80. The first-order chi connectivity index (χ1) is 13.0. The summed E-state index contributed by atoms with van der Waals surface area (Å²) in [7, 11) is 3.53. The van der Waals surface area contributed by atoms with Crippen molar-refractivity contribution in [2.24, 2.45) is 4.99 Å². The number of rotatable bonds is 4. The third-order valence-corrected chi connectivity index (χ3v) is 5.51. The maximum absolute atomic E-state index is 12.0. The molecule has 1 aliphatic heterocycles. The van der Waals surface area contributed by atoms with Gasteiger partial charge in [0.15, 0.2) is 5.96 Å². The Hall–Kier alpha value is -2.02. The third-order valence-electron chi connectivity index (χ3n) is 5.22. The molecule has 148 valence electrons. The Balaban J connectivity index is 1.65. The fraction of sp³-hybridized carbons (Fsp3) is 0.632. The van der Waals surface area contributed by atoms with E-state index in [1.807, 2.05) is 6.07 Å². The van der Waals surface area contributed by atoms with E-state index in [9.17, 15) is 4.79 Å². The summed E-state index contributed by atoms with van der Waals surface area (Å²) in [4.78, 5) is 26.8. The van der Waals surface area contributed by atoms with Gasteiger partial charge in [-0.2, -0.15) is 0 Å². The zero-order chi connectivity index (χ0) is 19.2. The SMILES string of the molecule is CN(C)C(=O)CN=C(NC1CCCC1)N1CCN(c2ccncc2Cl)CC1. The van der Waals surface area contributed by atoms with Gasteiger partial charge in [-0.25, -0.2) is 4.99 Å². The van der Waals surface area contributed by atoms with Gasteiger partial charge in [-0.1, -0.05) is 24.4 Å². The van der Waals surface area contributed by atoms with Crippen LogP contribution in [-0.2, 0) is 4.79 Å². The number of nitrogens with zero attached hydrogens (tertiary/aromatic N) is 5. The molecular weight excluding hydrogens is 364 g/mol. The number of likely N-dealkylation sites (N-methyl/N-ethyl adjacent to an activating group) is 1. The van der Waals surface area contributed by atoms with Crippen LogP contribution in [0.25, 0.3) is 0 Å². The molecule has 0 radical (unpaired) electrons. The van der Waals surface area contributed by atoms with Crippen molar-refractivity contribution >= 4 is 29.2 Å². The summed E-state index contributed by atoms with van der Waals surface area (Å²) >= 11 is 6.29. The standard InChI is InChI=1S/C19H29ClN6O/c1-24(2)18(27)14-22-19(23-15-5-3-4-6-15)26-11-9-25(10-12-26)17-7-8-21-13-16(17)20/h7-8,13,15H,3-6,9-12,14H2,1-2H3,(H,22,23). The molecule has 2 fully saturated rings. The van der Waals surface area contributed by atoms with Crippen LogP contribution in [0.5, 0.6) is 0 Å². The van der Waals surface area contributed by atoms with E-state index in [2.05, 4.69) is 25.1 Å². The summed E-state index contributed by atoms with van der Waals surface area (Å²) in [5, 5.41) is 4.28. The minimum Gasteiger partial charge on any atom is -0.367 e. The lowest BCUT2D eigenvalue weighted by Crippen LogP contribution is -2.54. The number of nitrogens with one attached hydrogen (secondary N) is 1. The lowest BCUT2D eigenvalue weighted by Gasteiger charge is -2.38. The second kappa shape index (κ2) is 9.26. The Bertz CT molecular complexity index is 666. The highest BCUT2D eigenvalue weighted by Gasteiger charge is 2.24. The van der Waals surface area contributed by atoms with E-state index in [0.29, 0.717) is 11.1 Å². The van der Waals surface area contributed by atoms with Gasteiger partial charge < -0.3 is 20.0 Å².